The van der Waals surface area contributed by atoms with Crippen LogP contribution in [-0.2, 0) is 4.74 Å². The molecule has 0 saturated carbocycles. The number of benzene rings is 1. The third-order valence-corrected chi connectivity index (χ3v) is 2.30. The van der Waals surface area contributed by atoms with Crippen LogP contribution in [0.1, 0.15) is 18.6 Å². The maximum Gasteiger partial charge on any atom is 0.105 e. The second-order valence-electron chi connectivity index (χ2n) is 2.68. The molecule has 0 heterocycles. The lowest BCUT2D eigenvalue weighted by atomic mass is 10.1. The normalized spacial score (nSPS) is 12.8. The van der Waals surface area contributed by atoms with E-state index in [0.717, 1.165) is 10.0 Å². The standard InChI is InChI=1S/C10H13BrO2/c1-2-13-10(7-12)8-3-5-9(11)6-4-8/h3-6,10,12H,2,7H2,1H3/t10-/m0/s1. The summed E-state index contributed by atoms with van der Waals surface area (Å²) in [7, 11) is 0. The van der Waals surface area contributed by atoms with Gasteiger partial charge in [0, 0.05) is 11.1 Å². The minimum Gasteiger partial charge on any atom is -0.393 e. The van der Waals surface area contributed by atoms with Crippen molar-refractivity contribution in [2.75, 3.05) is 13.2 Å². The van der Waals surface area contributed by atoms with Crippen LogP contribution in [0.2, 0.25) is 0 Å². The third kappa shape index (κ3) is 3.10. The van der Waals surface area contributed by atoms with Gasteiger partial charge in [-0.05, 0) is 24.6 Å². The van der Waals surface area contributed by atoms with Gasteiger partial charge in [-0.1, -0.05) is 28.1 Å². The van der Waals surface area contributed by atoms with E-state index in [4.69, 9.17) is 9.84 Å². The van der Waals surface area contributed by atoms with Crippen molar-refractivity contribution in [2.45, 2.75) is 13.0 Å². The molecule has 2 nitrogen and oxygen atoms in total. The number of halogens is 1. The van der Waals surface area contributed by atoms with Crippen LogP contribution in [0, 0.1) is 0 Å². The molecule has 0 fully saturated rings. The SMILES string of the molecule is CCO[C@@H](CO)c1ccc(Br)cc1. The predicted octanol–water partition coefficient (Wildman–Crippen LogP) is 2.52. The van der Waals surface area contributed by atoms with E-state index in [9.17, 15) is 0 Å². The zero-order valence-electron chi connectivity index (χ0n) is 7.53. The van der Waals surface area contributed by atoms with E-state index in [0.29, 0.717) is 6.61 Å². The van der Waals surface area contributed by atoms with E-state index in [1.807, 2.05) is 31.2 Å². The van der Waals surface area contributed by atoms with E-state index in [1.165, 1.54) is 0 Å². The quantitative estimate of drug-likeness (QED) is 0.883. The second-order valence-corrected chi connectivity index (χ2v) is 3.59. The largest absolute Gasteiger partial charge is 0.393 e. The molecular formula is C10H13BrO2. The van der Waals surface area contributed by atoms with Crippen LogP contribution in [0.4, 0.5) is 0 Å². The molecule has 3 heteroatoms. The average Bonchev–Trinajstić information content (AvgIpc) is 2.16. The van der Waals surface area contributed by atoms with Crippen LogP contribution in [-0.4, -0.2) is 18.3 Å². The minimum atomic E-state index is -0.196. The maximum absolute atomic E-state index is 9.04. The summed E-state index contributed by atoms with van der Waals surface area (Å²) < 4.78 is 6.38. The molecule has 1 aromatic carbocycles. The van der Waals surface area contributed by atoms with Crippen molar-refractivity contribution in [3.63, 3.8) is 0 Å². The fourth-order valence-electron chi connectivity index (χ4n) is 1.13. The van der Waals surface area contributed by atoms with Gasteiger partial charge < -0.3 is 9.84 Å². The lowest BCUT2D eigenvalue weighted by molar-refractivity contribution is 0.0189. The molecule has 0 aliphatic heterocycles. The molecule has 72 valence electrons. The van der Waals surface area contributed by atoms with Crippen LogP contribution < -0.4 is 0 Å². The van der Waals surface area contributed by atoms with Crippen molar-refractivity contribution in [2.24, 2.45) is 0 Å². The number of hydrogen-bond donors (Lipinski definition) is 1. The van der Waals surface area contributed by atoms with Crippen molar-refractivity contribution < 1.29 is 9.84 Å². The highest BCUT2D eigenvalue weighted by molar-refractivity contribution is 9.10. The lowest BCUT2D eigenvalue weighted by Crippen LogP contribution is -2.08. The van der Waals surface area contributed by atoms with Crippen molar-refractivity contribution in [3.05, 3.63) is 34.3 Å². The second kappa shape index (κ2) is 5.37. The summed E-state index contributed by atoms with van der Waals surface area (Å²) in [5, 5.41) is 9.04. The van der Waals surface area contributed by atoms with Crippen molar-refractivity contribution in [3.8, 4) is 0 Å². The molecule has 0 aliphatic carbocycles. The topological polar surface area (TPSA) is 29.5 Å². The summed E-state index contributed by atoms with van der Waals surface area (Å²) >= 11 is 3.35. The van der Waals surface area contributed by atoms with E-state index >= 15 is 0 Å². The molecule has 0 amide bonds. The molecule has 0 radical (unpaired) electrons. The fraction of sp³-hybridized carbons (Fsp3) is 0.400. The number of ether oxygens (including phenoxy) is 1. The zero-order valence-corrected chi connectivity index (χ0v) is 9.12. The van der Waals surface area contributed by atoms with Crippen LogP contribution >= 0.6 is 15.9 Å². The van der Waals surface area contributed by atoms with Crippen LogP contribution in [0.5, 0.6) is 0 Å². The van der Waals surface area contributed by atoms with Gasteiger partial charge in [0.2, 0.25) is 0 Å². The zero-order chi connectivity index (χ0) is 9.68. The van der Waals surface area contributed by atoms with Crippen molar-refractivity contribution in [1.82, 2.24) is 0 Å². The Hall–Kier alpha value is -0.380. The molecule has 0 unspecified atom stereocenters. The summed E-state index contributed by atoms with van der Waals surface area (Å²) in [6, 6.07) is 7.77. The highest BCUT2D eigenvalue weighted by Gasteiger charge is 2.08. The summed E-state index contributed by atoms with van der Waals surface area (Å²) in [4.78, 5) is 0. The Morgan fingerprint density at radius 2 is 2.00 bits per heavy atom. The van der Waals surface area contributed by atoms with Crippen LogP contribution in [0.25, 0.3) is 0 Å². The summed E-state index contributed by atoms with van der Waals surface area (Å²) in [5.74, 6) is 0. The average molecular weight is 245 g/mol. The molecule has 1 atom stereocenters. The van der Waals surface area contributed by atoms with Gasteiger partial charge >= 0.3 is 0 Å². The first-order valence-electron chi connectivity index (χ1n) is 4.25. The number of rotatable bonds is 4. The van der Waals surface area contributed by atoms with E-state index in [-0.39, 0.29) is 12.7 Å². The highest BCUT2D eigenvalue weighted by Crippen LogP contribution is 2.19. The molecule has 13 heavy (non-hydrogen) atoms. The van der Waals surface area contributed by atoms with E-state index in [1.54, 1.807) is 0 Å². The predicted molar refractivity (Wildman–Crippen MR) is 55.6 cm³/mol. The van der Waals surface area contributed by atoms with Gasteiger partial charge in [0.15, 0.2) is 0 Å². The van der Waals surface area contributed by atoms with E-state index in [2.05, 4.69) is 15.9 Å². The van der Waals surface area contributed by atoms with Gasteiger partial charge in [0.05, 0.1) is 6.61 Å². The lowest BCUT2D eigenvalue weighted by Gasteiger charge is -2.14. The first kappa shape index (κ1) is 10.7. The summed E-state index contributed by atoms with van der Waals surface area (Å²) in [6.07, 6.45) is -0.196. The molecule has 1 rings (SSSR count). The van der Waals surface area contributed by atoms with E-state index < -0.39 is 0 Å². The Morgan fingerprint density at radius 1 is 1.38 bits per heavy atom. The smallest absolute Gasteiger partial charge is 0.105 e. The number of aliphatic hydroxyl groups excluding tert-OH is 1. The molecule has 0 aromatic heterocycles. The maximum atomic E-state index is 9.04. The van der Waals surface area contributed by atoms with Gasteiger partial charge in [-0.15, -0.1) is 0 Å². The Bertz CT molecular complexity index is 246. The van der Waals surface area contributed by atoms with Crippen molar-refractivity contribution >= 4 is 15.9 Å². The Balaban J connectivity index is 2.73. The van der Waals surface area contributed by atoms with Gasteiger partial charge in [0.1, 0.15) is 6.10 Å². The van der Waals surface area contributed by atoms with Crippen molar-refractivity contribution in [1.29, 1.82) is 0 Å². The molecular weight excluding hydrogens is 232 g/mol. The van der Waals surface area contributed by atoms with Gasteiger partial charge in [-0.25, -0.2) is 0 Å². The Labute approximate surface area is 86.7 Å². The third-order valence-electron chi connectivity index (χ3n) is 1.78. The molecule has 0 aliphatic rings. The van der Waals surface area contributed by atoms with Crippen LogP contribution in [0.15, 0.2) is 28.7 Å². The summed E-state index contributed by atoms with van der Waals surface area (Å²) in [6.45, 7) is 2.55. The monoisotopic (exact) mass is 244 g/mol. The Kier molecular flexibility index (Phi) is 4.42. The number of hydrogen-bond acceptors (Lipinski definition) is 2. The molecule has 0 saturated heterocycles. The molecule has 0 bridgehead atoms. The summed E-state index contributed by atoms with van der Waals surface area (Å²) in [5.41, 5.74) is 1.01. The molecule has 1 aromatic rings. The van der Waals surface area contributed by atoms with Gasteiger partial charge in [0.25, 0.3) is 0 Å². The molecule has 0 spiro atoms. The minimum absolute atomic E-state index is 0.0233. The highest BCUT2D eigenvalue weighted by atomic mass is 79.9. The van der Waals surface area contributed by atoms with Gasteiger partial charge in [-0.3, -0.25) is 0 Å². The Morgan fingerprint density at radius 3 is 2.46 bits per heavy atom. The number of aliphatic hydroxyl groups is 1. The fourth-order valence-corrected chi connectivity index (χ4v) is 1.40. The van der Waals surface area contributed by atoms with Gasteiger partial charge in [-0.2, -0.15) is 0 Å². The first-order chi connectivity index (χ1) is 6.27. The van der Waals surface area contributed by atoms with Crippen LogP contribution in [0.3, 0.4) is 0 Å². The first-order valence-corrected chi connectivity index (χ1v) is 5.05. The molecule has 1 N–H and O–H groups in total.